The first kappa shape index (κ1) is 14.6. The highest BCUT2D eigenvalue weighted by Crippen LogP contribution is 2.15. The molecule has 0 heterocycles. The van der Waals surface area contributed by atoms with Gasteiger partial charge in [-0.3, -0.25) is 4.90 Å². The molecular formula is C14H19FN2O. The zero-order valence-electron chi connectivity index (χ0n) is 11.0. The molecule has 0 bridgehead atoms. The van der Waals surface area contributed by atoms with Gasteiger partial charge in [0.2, 0.25) is 0 Å². The molecule has 4 heteroatoms. The molecule has 98 valence electrons. The number of halogens is 1. The Morgan fingerprint density at radius 2 is 2.06 bits per heavy atom. The Balaban J connectivity index is 2.93. The van der Waals surface area contributed by atoms with E-state index in [1.165, 1.54) is 18.2 Å². The van der Waals surface area contributed by atoms with Crippen LogP contribution in [0.3, 0.4) is 0 Å². The molecule has 1 aromatic rings. The van der Waals surface area contributed by atoms with Crippen LogP contribution in [0.1, 0.15) is 31.9 Å². The zero-order chi connectivity index (χ0) is 13.7. The topological polar surface area (TPSA) is 47.3 Å². The van der Waals surface area contributed by atoms with E-state index in [0.29, 0.717) is 24.2 Å². The molecule has 0 aromatic heterocycles. The van der Waals surface area contributed by atoms with E-state index in [4.69, 9.17) is 5.26 Å². The largest absolute Gasteiger partial charge is 0.392 e. The number of aliphatic hydroxyl groups excluding tert-OH is 1. The third-order valence-electron chi connectivity index (χ3n) is 2.79. The average molecular weight is 250 g/mol. The van der Waals surface area contributed by atoms with Crippen molar-refractivity contribution in [3.8, 4) is 6.07 Å². The van der Waals surface area contributed by atoms with Gasteiger partial charge < -0.3 is 5.11 Å². The normalized spacial score (nSPS) is 12.8. The molecule has 0 radical (unpaired) electrons. The Bertz CT molecular complexity index is 438. The second-order valence-electron chi connectivity index (χ2n) is 4.79. The summed E-state index contributed by atoms with van der Waals surface area (Å²) in [5.41, 5.74) is 1.14. The van der Waals surface area contributed by atoms with Gasteiger partial charge in [-0.15, -0.1) is 0 Å². The lowest BCUT2D eigenvalue weighted by molar-refractivity contribution is 0.103. The fraction of sp³-hybridized carbons (Fsp3) is 0.500. The van der Waals surface area contributed by atoms with Crippen molar-refractivity contribution < 1.29 is 9.50 Å². The second-order valence-corrected chi connectivity index (χ2v) is 4.79. The fourth-order valence-electron chi connectivity index (χ4n) is 1.82. The third-order valence-corrected chi connectivity index (χ3v) is 2.79. The van der Waals surface area contributed by atoms with Crippen LogP contribution >= 0.6 is 0 Å². The lowest BCUT2D eigenvalue weighted by Crippen LogP contribution is -2.36. The summed E-state index contributed by atoms with van der Waals surface area (Å²) in [5, 5.41) is 18.5. The summed E-state index contributed by atoms with van der Waals surface area (Å²) in [6.07, 6.45) is -0.452. The van der Waals surface area contributed by atoms with E-state index in [1.54, 1.807) is 6.92 Å². The summed E-state index contributed by atoms with van der Waals surface area (Å²) in [7, 11) is 0. The maximum absolute atomic E-state index is 13.2. The van der Waals surface area contributed by atoms with Crippen LogP contribution in [0.5, 0.6) is 0 Å². The Morgan fingerprint density at radius 3 is 2.56 bits per heavy atom. The highest BCUT2D eigenvalue weighted by Gasteiger charge is 2.15. The van der Waals surface area contributed by atoms with Crippen LogP contribution in [0, 0.1) is 17.1 Å². The molecule has 0 aliphatic carbocycles. The number of nitrogens with zero attached hydrogens (tertiary/aromatic N) is 2. The fourth-order valence-corrected chi connectivity index (χ4v) is 1.82. The average Bonchev–Trinajstić information content (AvgIpc) is 2.27. The van der Waals surface area contributed by atoms with E-state index in [0.717, 1.165) is 0 Å². The highest BCUT2D eigenvalue weighted by molar-refractivity contribution is 5.37. The standard InChI is InChI=1S/C14H19FN2O/c1-10(2)17(8-11(3)18)9-13-6-14(15)5-4-12(13)7-16/h4-6,10-11,18H,8-9H2,1-3H3. The Morgan fingerprint density at radius 1 is 1.39 bits per heavy atom. The molecule has 18 heavy (non-hydrogen) atoms. The lowest BCUT2D eigenvalue weighted by Gasteiger charge is -2.28. The molecule has 0 aliphatic heterocycles. The van der Waals surface area contributed by atoms with Crippen molar-refractivity contribution in [2.75, 3.05) is 6.54 Å². The SMILES string of the molecule is CC(O)CN(Cc1cc(F)ccc1C#N)C(C)C. The van der Waals surface area contributed by atoms with Crippen molar-refractivity contribution in [1.82, 2.24) is 4.90 Å². The van der Waals surface area contributed by atoms with Crippen molar-refractivity contribution >= 4 is 0 Å². The molecular weight excluding hydrogens is 231 g/mol. The molecule has 1 unspecified atom stereocenters. The summed E-state index contributed by atoms with van der Waals surface area (Å²) >= 11 is 0. The minimum absolute atomic E-state index is 0.217. The molecule has 1 aromatic carbocycles. The number of rotatable bonds is 5. The number of aliphatic hydroxyl groups is 1. The summed E-state index contributed by atoms with van der Waals surface area (Å²) in [5.74, 6) is -0.343. The van der Waals surface area contributed by atoms with E-state index >= 15 is 0 Å². The predicted octanol–water partition coefficient (Wildman–Crippen LogP) is 2.29. The number of hydrogen-bond donors (Lipinski definition) is 1. The number of nitriles is 1. The van der Waals surface area contributed by atoms with Crippen LogP contribution in [0.4, 0.5) is 4.39 Å². The van der Waals surface area contributed by atoms with Gasteiger partial charge in [-0.1, -0.05) is 0 Å². The maximum Gasteiger partial charge on any atom is 0.123 e. The van der Waals surface area contributed by atoms with Gasteiger partial charge in [-0.2, -0.15) is 5.26 Å². The second kappa shape index (κ2) is 6.48. The van der Waals surface area contributed by atoms with E-state index in [-0.39, 0.29) is 11.9 Å². The van der Waals surface area contributed by atoms with Crippen molar-refractivity contribution in [3.63, 3.8) is 0 Å². The van der Waals surface area contributed by atoms with Gasteiger partial charge in [-0.05, 0) is 44.5 Å². The van der Waals surface area contributed by atoms with Crippen LogP contribution in [-0.4, -0.2) is 28.7 Å². The number of benzene rings is 1. The van der Waals surface area contributed by atoms with Gasteiger partial charge >= 0.3 is 0 Å². The van der Waals surface area contributed by atoms with Crippen molar-refractivity contribution in [2.45, 2.75) is 39.5 Å². The van der Waals surface area contributed by atoms with Gasteiger partial charge in [0.15, 0.2) is 0 Å². The van der Waals surface area contributed by atoms with Crippen LogP contribution in [0.2, 0.25) is 0 Å². The molecule has 1 N–H and O–H groups in total. The molecule has 0 spiro atoms. The molecule has 0 fully saturated rings. The monoisotopic (exact) mass is 250 g/mol. The van der Waals surface area contributed by atoms with Gasteiger partial charge in [-0.25, -0.2) is 4.39 Å². The molecule has 0 saturated carbocycles. The molecule has 1 rings (SSSR count). The molecule has 3 nitrogen and oxygen atoms in total. The third kappa shape index (κ3) is 4.10. The van der Waals surface area contributed by atoms with Crippen LogP contribution in [-0.2, 0) is 6.54 Å². The van der Waals surface area contributed by atoms with Crippen molar-refractivity contribution in [3.05, 3.63) is 35.1 Å². The van der Waals surface area contributed by atoms with Crippen molar-refractivity contribution in [1.29, 1.82) is 5.26 Å². The highest BCUT2D eigenvalue weighted by atomic mass is 19.1. The van der Waals surface area contributed by atoms with E-state index in [2.05, 4.69) is 6.07 Å². The minimum Gasteiger partial charge on any atom is -0.392 e. The Hall–Kier alpha value is -1.44. The van der Waals surface area contributed by atoms with Gasteiger partial charge in [0.25, 0.3) is 0 Å². The summed E-state index contributed by atoms with van der Waals surface area (Å²) < 4.78 is 13.2. The summed E-state index contributed by atoms with van der Waals surface area (Å²) in [4.78, 5) is 2.01. The first-order valence-electron chi connectivity index (χ1n) is 6.04. The summed E-state index contributed by atoms with van der Waals surface area (Å²) in [6, 6.07) is 6.45. The van der Waals surface area contributed by atoms with Crippen LogP contribution in [0.15, 0.2) is 18.2 Å². The first-order valence-corrected chi connectivity index (χ1v) is 6.04. The Kier molecular flexibility index (Phi) is 5.26. The first-order chi connectivity index (χ1) is 8.43. The summed E-state index contributed by atoms with van der Waals surface area (Å²) in [6.45, 7) is 6.69. The Labute approximate surface area is 107 Å². The maximum atomic E-state index is 13.2. The molecule has 1 atom stereocenters. The van der Waals surface area contributed by atoms with Crippen LogP contribution in [0.25, 0.3) is 0 Å². The minimum atomic E-state index is -0.452. The van der Waals surface area contributed by atoms with E-state index in [1.807, 2.05) is 18.7 Å². The smallest absolute Gasteiger partial charge is 0.123 e. The van der Waals surface area contributed by atoms with E-state index in [9.17, 15) is 9.50 Å². The van der Waals surface area contributed by atoms with E-state index < -0.39 is 6.10 Å². The van der Waals surface area contributed by atoms with Crippen LogP contribution < -0.4 is 0 Å². The molecule has 0 aliphatic rings. The zero-order valence-corrected chi connectivity index (χ0v) is 11.0. The predicted molar refractivity (Wildman–Crippen MR) is 68.3 cm³/mol. The molecule has 0 saturated heterocycles. The molecule has 0 amide bonds. The quantitative estimate of drug-likeness (QED) is 0.872. The van der Waals surface area contributed by atoms with Gasteiger partial charge in [0.05, 0.1) is 17.7 Å². The van der Waals surface area contributed by atoms with Gasteiger partial charge in [0, 0.05) is 19.1 Å². The number of hydrogen-bond acceptors (Lipinski definition) is 3. The van der Waals surface area contributed by atoms with Crippen molar-refractivity contribution in [2.24, 2.45) is 0 Å². The van der Waals surface area contributed by atoms with Gasteiger partial charge in [0.1, 0.15) is 5.82 Å². The lowest BCUT2D eigenvalue weighted by atomic mass is 10.1.